The average molecular weight is 471 g/mol. The van der Waals surface area contributed by atoms with Gasteiger partial charge in [-0.1, -0.05) is 26.3 Å². The molecule has 1 atom stereocenters. The van der Waals surface area contributed by atoms with Gasteiger partial charge in [0.2, 0.25) is 11.9 Å². The fraction of sp³-hybridized carbons (Fsp3) is 0.350. The highest BCUT2D eigenvalue weighted by atomic mass is 19.4. The third-order valence-corrected chi connectivity index (χ3v) is 4.52. The zero-order valence-corrected chi connectivity index (χ0v) is 17.5. The van der Waals surface area contributed by atoms with Crippen molar-refractivity contribution in [1.29, 1.82) is 0 Å². The molecule has 0 radical (unpaired) electrons. The van der Waals surface area contributed by atoms with Gasteiger partial charge in [0.1, 0.15) is 17.1 Å². The Labute approximate surface area is 184 Å². The van der Waals surface area contributed by atoms with Crippen molar-refractivity contribution in [3.63, 3.8) is 0 Å². The molecule has 176 valence electrons. The van der Waals surface area contributed by atoms with E-state index in [0.29, 0.717) is 6.54 Å². The molecule has 0 saturated carbocycles. The molecule has 0 saturated heterocycles. The summed E-state index contributed by atoms with van der Waals surface area (Å²) in [7, 11) is 0. The van der Waals surface area contributed by atoms with Gasteiger partial charge in [-0.15, -0.1) is 0 Å². The Morgan fingerprint density at radius 2 is 1.58 bits per heavy atom. The molecule has 0 aliphatic heterocycles. The molecular weight excluding hydrogens is 452 g/mol. The Bertz CT molecular complexity index is 1100. The lowest BCUT2D eigenvalue weighted by Gasteiger charge is -2.13. The van der Waals surface area contributed by atoms with Crippen molar-refractivity contribution in [3.05, 3.63) is 47.9 Å². The summed E-state index contributed by atoms with van der Waals surface area (Å²) in [6, 6.07) is 5.29. The molecule has 0 aliphatic rings. The van der Waals surface area contributed by atoms with Crippen LogP contribution < -0.4 is 10.6 Å². The Hall–Kier alpha value is -3.51. The molecule has 7 nitrogen and oxygen atoms in total. The Kier molecular flexibility index (Phi) is 6.98. The van der Waals surface area contributed by atoms with Crippen LogP contribution in [0.25, 0.3) is 11.5 Å². The van der Waals surface area contributed by atoms with E-state index in [-0.39, 0.29) is 35.0 Å². The van der Waals surface area contributed by atoms with Crippen LogP contribution in [0.2, 0.25) is 0 Å². The summed E-state index contributed by atoms with van der Waals surface area (Å²) < 4.78 is 78.1. The topological polar surface area (TPSA) is 88.5 Å². The number of aromatic nitrogens is 5. The highest BCUT2D eigenvalue weighted by Crippen LogP contribution is 2.31. The molecule has 3 aromatic rings. The van der Waals surface area contributed by atoms with Crippen molar-refractivity contribution < 1.29 is 26.3 Å². The van der Waals surface area contributed by atoms with Crippen molar-refractivity contribution in [3.8, 4) is 11.5 Å². The minimum absolute atomic E-state index is 0.0145. The van der Waals surface area contributed by atoms with Crippen molar-refractivity contribution in [2.24, 2.45) is 5.92 Å². The monoisotopic (exact) mass is 471 g/mol. The lowest BCUT2D eigenvalue weighted by atomic mass is 10.1. The molecule has 13 heteroatoms. The quantitative estimate of drug-likeness (QED) is 0.436. The van der Waals surface area contributed by atoms with Gasteiger partial charge in [-0.05, 0) is 30.2 Å². The van der Waals surface area contributed by atoms with E-state index in [1.165, 1.54) is 12.1 Å². The summed E-state index contributed by atoms with van der Waals surface area (Å²) in [4.78, 5) is 19.2. The predicted molar refractivity (Wildman–Crippen MR) is 109 cm³/mol. The maximum absolute atomic E-state index is 13.1. The average Bonchev–Trinajstić information content (AvgIpc) is 2.76. The second kappa shape index (κ2) is 9.55. The molecule has 1 unspecified atom stereocenters. The van der Waals surface area contributed by atoms with Gasteiger partial charge >= 0.3 is 12.4 Å². The van der Waals surface area contributed by atoms with Crippen LogP contribution in [0.15, 0.2) is 36.5 Å². The fourth-order valence-corrected chi connectivity index (χ4v) is 2.54. The Morgan fingerprint density at radius 1 is 0.879 bits per heavy atom. The summed E-state index contributed by atoms with van der Waals surface area (Å²) >= 11 is 0. The first-order valence-corrected chi connectivity index (χ1v) is 9.80. The zero-order valence-electron chi connectivity index (χ0n) is 17.5. The first-order valence-electron chi connectivity index (χ1n) is 9.80. The van der Waals surface area contributed by atoms with Crippen molar-refractivity contribution in [1.82, 2.24) is 24.9 Å². The van der Waals surface area contributed by atoms with E-state index in [1.807, 2.05) is 13.8 Å². The molecule has 0 fully saturated rings. The summed E-state index contributed by atoms with van der Waals surface area (Å²) in [5.41, 5.74) is -2.45. The van der Waals surface area contributed by atoms with Crippen LogP contribution >= 0.6 is 0 Å². The molecular formula is C20H19F6N7. The molecule has 3 rings (SSSR count). The number of nitrogens with one attached hydrogen (secondary N) is 2. The number of anilines is 3. The molecule has 0 bridgehead atoms. The number of hydrogen-bond acceptors (Lipinski definition) is 7. The van der Waals surface area contributed by atoms with Gasteiger partial charge in [0, 0.05) is 18.4 Å². The highest BCUT2D eigenvalue weighted by molar-refractivity contribution is 5.59. The summed E-state index contributed by atoms with van der Waals surface area (Å²) in [6.07, 6.45) is -7.52. The van der Waals surface area contributed by atoms with Gasteiger partial charge in [-0.25, -0.2) is 4.98 Å². The van der Waals surface area contributed by atoms with E-state index in [4.69, 9.17) is 0 Å². The minimum Gasteiger partial charge on any atom is -0.354 e. The van der Waals surface area contributed by atoms with Crippen LogP contribution in [0.3, 0.4) is 0 Å². The summed E-state index contributed by atoms with van der Waals surface area (Å²) in [5.74, 6) is -0.0875. The number of nitrogens with zero attached hydrogens (tertiary/aromatic N) is 5. The smallest absolute Gasteiger partial charge is 0.354 e. The Morgan fingerprint density at radius 3 is 2.24 bits per heavy atom. The zero-order chi connectivity index (χ0) is 24.2. The third kappa shape index (κ3) is 6.49. The number of halogens is 6. The molecule has 0 aromatic carbocycles. The van der Waals surface area contributed by atoms with Gasteiger partial charge < -0.3 is 10.6 Å². The van der Waals surface area contributed by atoms with Crippen LogP contribution in [0.1, 0.15) is 31.7 Å². The predicted octanol–water partition coefficient (Wildman–Crippen LogP) is 5.57. The largest absolute Gasteiger partial charge is 0.433 e. The van der Waals surface area contributed by atoms with E-state index < -0.39 is 23.7 Å². The first kappa shape index (κ1) is 24.1. The van der Waals surface area contributed by atoms with E-state index in [0.717, 1.165) is 30.8 Å². The summed E-state index contributed by atoms with van der Waals surface area (Å²) in [5, 5.41) is 5.59. The van der Waals surface area contributed by atoms with E-state index in [1.54, 1.807) is 0 Å². The maximum Gasteiger partial charge on any atom is 0.433 e. The standard InChI is InChI=1S/C20H19F6N7/c1-3-11(2)10-28-17-31-16(13-5-4-6-14(30-13)19(21,22)23)32-18(33-17)29-12-7-8-27-15(9-12)20(24,25)26/h4-9,11H,3,10H2,1-2H3,(H2,27,28,29,31,32,33). The van der Waals surface area contributed by atoms with Crippen molar-refractivity contribution in [2.75, 3.05) is 17.2 Å². The van der Waals surface area contributed by atoms with Crippen molar-refractivity contribution in [2.45, 2.75) is 32.6 Å². The van der Waals surface area contributed by atoms with Crippen LogP contribution in [0, 0.1) is 5.92 Å². The lowest BCUT2D eigenvalue weighted by molar-refractivity contribution is -0.141. The van der Waals surface area contributed by atoms with Crippen LogP contribution in [-0.2, 0) is 12.4 Å². The molecule has 2 N–H and O–H groups in total. The molecule has 33 heavy (non-hydrogen) atoms. The van der Waals surface area contributed by atoms with Gasteiger partial charge in [-0.3, -0.25) is 4.98 Å². The second-order valence-corrected chi connectivity index (χ2v) is 7.16. The van der Waals surface area contributed by atoms with Crippen LogP contribution in [0.5, 0.6) is 0 Å². The first-order chi connectivity index (χ1) is 15.5. The lowest BCUT2D eigenvalue weighted by Crippen LogP contribution is -2.15. The van der Waals surface area contributed by atoms with E-state index >= 15 is 0 Å². The molecule has 0 amide bonds. The maximum atomic E-state index is 13.1. The van der Waals surface area contributed by atoms with E-state index in [9.17, 15) is 26.3 Å². The minimum atomic E-state index is -4.67. The van der Waals surface area contributed by atoms with Crippen LogP contribution in [-0.4, -0.2) is 31.5 Å². The number of rotatable bonds is 7. The van der Waals surface area contributed by atoms with Crippen LogP contribution in [0.4, 0.5) is 43.9 Å². The SMILES string of the molecule is CCC(C)CNc1nc(Nc2ccnc(C(F)(F)F)c2)nc(-c2cccc(C(F)(F)F)n2)n1. The van der Waals surface area contributed by atoms with Gasteiger partial charge in [-0.2, -0.15) is 41.3 Å². The second-order valence-electron chi connectivity index (χ2n) is 7.16. The number of hydrogen-bond donors (Lipinski definition) is 2. The molecule has 0 aliphatic carbocycles. The third-order valence-electron chi connectivity index (χ3n) is 4.52. The fourth-order valence-electron chi connectivity index (χ4n) is 2.54. The van der Waals surface area contributed by atoms with Gasteiger partial charge in [0.25, 0.3) is 0 Å². The van der Waals surface area contributed by atoms with Gasteiger partial charge in [0.05, 0.1) is 0 Å². The number of alkyl halides is 6. The summed E-state index contributed by atoms with van der Waals surface area (Å²) in [6.45, 7) is 4.41. The Balaban J connectivity index is 2.00. The van der Waals surface area contributed by atoms with Gasteiger partial charge in [0.15, 0.2) is 5.82 Å². The normalized spacial score (nSPS) is 13.0. The number of pyridine rings is 2. The highest BCUT2D eigenvalue weighted by Gasteiger charge is 2.33. The van der Waals surface area contributed by atoms with Crippen molar-refractivity contribution >= 4 is 17.6 Å². The molecule has 0 spiro atoms. The molecule has 3 heterocycles. The molecule has 3 aromatic heterocycles. The van der Waals surface area contributed by atoms with E-state index in [2.05, 4.69) is 35.6 Å².